The molecule has 0 radical (unpaired) electrons. The standard InChI is InChI=1S/C11H13N3/c1-7-4-10-11(5-9(7)6-12)14(3)8(2)13-10/h4-5,8,13H,1-3H3. The molecular formula is C11H13N3. The lowest BCUT2D eigenvalue weighted by Crippen LogP contribution is -2.28. The molecule has 1 heterocycles. The van der Waals surface area contributed by atoms with Gasteiger partial charge in [0, 0.05) is 7.05 Å². The number of aryl methyl sites for hydroxylation is 1. The summed E-state index contributed by atoms with van der Waals surface area (Å²) in [6.45, 7) is 4.06. The molecule has 3 nitrogen and oxygen atoms in total. The largest absolute Gasteiger partial charge is 0.364 e. The Bertz CT molecular complexity index is 417. The second kappa shape index (κ2) is 2.91. The first kappa shape index (κ1) is 8.89. The number of hydrogen-bond donors (Lipinski definition) is 1. The summed E-state index contributed by atoms with van der Waals surface area (Å²) in [7, 11) is 2.03. The van der Waals surface area contributed by atoms with Crippen LogP contribution in [0.3, 0.4) is 0 Å². The highest BCUT2D eigenvalue weighted by atomic mass is 15.3. The third kappa shape index (κ3) is 1.12. The molecule has 1 unspecified atom stereocenters. The second-order valence-corrected chi connectivity index (χ2v) is 3.73. The van der Waals surface area contributed by atoms with E-state index in [4.69, 9.17) is 5.26 Å². The van der Waals surface area contributed by atoms with Crippen LogP contribution in [0.15, 0.2) is 12.1 Å². The Labute approximate surface area is 84.0 Å². The summed E-state index contributed by atoms with van der Waals surface area (Å²) in [4.78, 5) is 2.13. The van der Waals surface area contributed by atoms with E-state index in [0.29, 0.717) is 6.17 Å². The van der Waals surface area contributed by atoms with Crippen LogP contribution in [-0.2, 0) is 0 Å². The predicted molar refractivity (Wildman–Crippen MR) is 57.4 cm³/mol. The predicted octanol–water partition coefficient (Wildman–Crippen LogP) is 2.07. The highest BCUT2D eigenvalue weighted by molar-refractivity contribution is 5.78. The fraction of sp³-hybridized carbons (Fsp3) is 0.364. The van der Waals surface area contributed by atoms with Gasteiger partial charge in [0.25, 0.3) is 0 Å². The first-order chi connectivity index (χ1) is 6.63. The van der Waals surface area contributed by atoms with Crippen LogP contribution in [0.25, 0.3) is 0 Å². The fourth-order valence-electron chi connectivity index (χ4n) is 1.75. The molecule has 0 saturated heterocycles. The van der Waals surface area contributed by atoms with Crippen LogP contribution >= 0.6 is 0 Å². The molecule has 1 atom stereocenters. The Balaban J connectivity index is 2.56. The van der Waals surface area contributed by atoms with Crippen molar-refractivity contribution < 1.29 is 0 Å². The summed E-state index contributed by atoms with van der Waals surface area (Å²) in [5.41, 5.74) is 4.02. The molecule has 2 rings (SSSR count). The maximum atomic E-state index is 8.91. The molecule has 0 saturated carbocycles. The van der Waals surface area contributed by atoms with Crippen LogP contribution in [0.1, 0.15) is 18.1 Å². The maximum absolute atomic E-state index is 8.91. The van der Waals surface area contributed by atoms with Gasteiger partial charge in [-0.1, -0.05) is 0 Å². The zero-order chi connectivity index (χ0) is 10.3. The second-order valence-electron chi connectivity index (χ2n) is 3.73. The van der Waals surface area contributed by atoms with Gasteiger partial charge in [-0.3, -0.25) is 0 Å². The van der Waals surface area contributed by atoms with Crippen molar-refractivity contribution in [3.05, 3.63) is 23.3 Å². The van der Waals surface area contributed by atoms with E-state index in [1.54, 1.807) is 0 Å². The Morgan fingerprint density at radius 1 is 1.50 bits per heavy atom. The van der Waals surface area contributed by atoms with Gasteiger partial charge in [-0.05, 0) is 31.5 Å². The number of hydrogen-bond acceptors (Lipinski definition) is 3. The van der Waals surface area contributed by atoms with Crippen molar-refractivity contribution in [2.45, 2.75) is 20.0 Å². The summed E-state index contributed by atoms with van der Waals surface area (Å²) >= 11 is 0. The molecule has 72 valence electrons. The molecule has 1 aromatic carbocycles. The van der Waals surface area contributed by atoms with E-state index in [1.807, 2.05) is 26.1 Å². The molecule has 0 bridgehead atoms. The summed E-state index contributed by atoms with van der Waals surface area (Å²) < 4.78 is 0. The average molecular weight is 187 g/mol. The van der Waals surface area contributed by atoms with Crippen molar-refractivity contribution in [3.8, 4) is 6.07 Å². The number of rotatable bonds is 0. The van der Waals surface area contributed by atoms with Gasteiger partial charge in [0.2, 0.25) is 0 Å². The van der Waals surface area contributed by atoms with Crippen LogP contribution in [0, 0.1) is 18.3 Å². The van der Waals surface area contributed by atoms with Gasteiger partial charge >= 0.3 is 0 Å². The Morgan fingerprint density at radius 3 is 2.86 bits per heavy atom. The first-order valence-corrected chi connectivity index (χ1v) is 4.67. The highest BCUT2D eigenvalue weighted by Gasteiger charge is 2.22. The number of nitriles is 1. The number of benzene rings is 1. The van der Waals surface area contributed by atoms with Gasteiger partial charge < -0.3 is 10.2 Å². The average Bonchev–Trinajstić information content (AvgIpc) is 2.41. The van der Waals surface area contributed by atoms with E-state index in [2.05, 4.69) is 23.2 Å². The van der Waals surface area contributed by atoms with Gasteiger partial charge in [-0.15, -0.1) is 0 Å². The molecule has 14 heavy (non-hydrogen) atoms. The lowest BCUT2D eigenvalue weighted by molar-refractivity contribution is 0.806. The van der Waals surface area contributed by atoms with E-state index < -0.39 is 0 Å². The molecule has 3 heteroatoms. The molecule has 0 aromatic heterocycles. The quantitative estimate of drug-likeness (QED) is 0.675. The van der Waals surface area contributed by atoms with E-state index in [0.717, 1.165) is 22.5 Å². The van der Waals surface area contributed by atoms with E-state index in [9.17, 15) is 0 Å². The first-order valence-electron chi connectivity index (χ1n) is 4.67. The summed E-state index contributed by atoms with van der Waals surface area (Å²) in [6.07, 6.45) is 0.304. The molecule has 1 aliphatic heterocycles. The van der Waals surface area contributed by atoms with Gasteiger partial charge in [0.15, 0.2) is 0 Å². The zero-order valence-corrected chi connectivity index (χ0v) is 8.63. The lowest BCUT2D eigenvalue weighted by Gasteiger charge is -2.17. The Hall–Kier alpha value is -1.69. The number of fused-ring (bicyclic) bond motifs is 1. The smallest absolute Gasteiger partial charge is 0.0995 e. The Kier molecular flexibility index (Phi) is 1.85. The molecule has 1 aromatic rings. The lowest BCUT2D eigenvalue weighted by atomic mass is 10.1. The van der Waals surface area contributed by atoms with Crippen molar-refractivity contribution in [2.75, 3.05) is 17.3 Å². The molecule has 0 fully saturated rings. The molecular weight excluding hydrogens is 174 g/mol. The minimum atomic E-state index is 0.304. The molecule has 0 aliphatic carbocycles. The van der Waals surface area contributed by atoms with Crippen LogP contribution in [-0.4, -0.2) is 13.2 Å². The highest BCUT2D eigenvalue weighted by Crippen LogP contribution is 2.35. The van der Waals surface area contributed by atoms with Gasteiger partial charge in [0.1, 0.15) is 0 Å². The minimum Gasteiger partial charge on any atom is -0.364 e. The van der Waals surface area contributed by atoms with E-state index in [-0.39, 0.29) is 0 Å². The molecule has 1 N–H and O–H groups in total. The summed E-state index contributed by atoms with van der Waals surface area (Å²) in [5.74, 6) is 0. The SMILES string of the molecule is Cc1cc2c(cc1C#N)N(C)C(C)N2. The summed E-state index contributed by atoms with van der Waals surface area (Å²) in [5, 5.41) is 12.3. The van der Waals surface area contributed by atoms with Crippen LogP contribution in [0.4, 0.5) is 11.4 Å². The normalized spacial score (nSPS) is 18.7. The van der Waals surface area contributed by atoms with Crippen LogP contribution < -0.4 is 10.2 Å². The maximum Gasteiger partial charge on any atom is 0.0995 e. The number of anilines is 2. The van der Waals surface area contributed by atoms with Crippen molar-refractivity contribution >= 4 is 11.4 Å². The van der Waals surface area contributed by atoms with E-state index >= 15 is 0 Å². The summed E-state index contributed by atoms with van der Waals surface area (Å²) in [6, 6.07) is 6.19. The monoisotopic (exact) mass is 187 g/mol. The third-order valence-corrected chi connectivity index (χ3v) is 2.79. The van der Waals surface area contributed by atoms with E-state index in [1.165, 1.54) is 0 Å². The fourth-order valence-corrected chi connectivity index (χ4v) is 1.75. The molecule has 0 spiro atoms. The van der Waals surface area contributed by atoms with Crippen molar-refractivity contribution in [1.82, 2.24) is 0 Å². The minimum absolute atomic E-state index is 0.304. The molecule has 1 aliphatic rings. The van der Waals surface area contributed by atoms with Crippen LogP contribution in [0.2, 0.25) is 0 Å². The third-order valence-electron chi connectivity index (χ3n) is 2.79. The molecule has 0 amide bonds. The van der Waals surface area contributed by atoms with Gasteiger partial charge in [-0.2, -0.15) is 5.26 Å². The number of nitrogens with one attached hydrogen (secondary N) is 1. The number of nitrogens with zero attached hydrogens (tertiary/aromatic N) is 2. The topological polar surface area (TPSA) is 39.1 Å². The zero-order valence-electron chi connectivity index (χ0n) is 8.63. The van der Waals surface area contributed by atoms with Crippen molar-refractivity contribution in [2.24, 2.45) is 0 Å². The van der Waals surface area contributed by atoms with Gasteiger partial charge in [0.05, 0.1) is 29.2 Å². The van der Waals surface area contributed by atoms with Crippen LogP contribution in [0.5, 0.6) is 0 Å². The Morgan fingerprint density at radius 2 is 2.21 bits per heavy atom. The van der Waals surface area contributed by atoms with Crippen molar-refractivity contribution in [3.63, 3.8) is 0 Å². The van der Waals surface area contributed by atoms with Crippen molar-refractivity contribution in [1.29, 1.82) is 5.26 Å². The van der Waals surface area contributed by atoms with Gasteiger partial charge in [-0.25, -0.2) is 0 Å².